The number of aliphatic hydroxyl groups excluding tert-OH is 1. The van der Waals surface area contributed by atoms with Crippen LogP contribution >= 0.6 is 0 Å². The van der Waals surface area contributed by atoms with Crippen LogP contribution in [0, 0.1) is 0 Å². The van der Waals surface area contributed by atoms with Gasteiger partial charge in [-0.2, -0.15) is 0 Å². The highest BCUT2D eigenvalue weighted by atomic mass is 16.5. The fraction of sp³-hybridized carbons (Fsp3) is 0.538. The molecule has 0 bridgehead atoms. The predicted octanol–water partition coefficient (Wildman–Crippen LogP) is 2.38. The second-order valence-corrected chi connectivity index (χ2v) is 4.33. The van der Waals surface area contributed by atoms with Gasteiger partial charge >= 0.3 is 0 Å². The van der Waals surface area contributed by atoms with E-state index in [2.05, 4.69) is 0 Å². The Morgan fingerprint density at radius 2 is 1.94 bits per heavy atom. The summed E-state index contributed by atoms with van der Waals surface area (Å²) in [6.07, 6.45) is 4.12. The van der Waals surface area contributed by atoms with E-state index < -0.39 is 0 Å². The summed E-state index contributed by atoms with van der Waals surface area (Å²) in [5.74, 6) is 1.55. The van der Waals surface area contributed by atoms with Crippen LogP contribution in [-0.4, -0.2) is 24.4 Å². The molecule has 0 amide bonds. The van der Waals surface area contributed by atoms with Crippen molar-refractivity contribution >= 4 is 0 Å². The van der Waals surface area contributed by atoms with Gasteiger partial charge in [-0.1, -0.05) is 6.07 Å². The van der Waals surface area contributed by atoms with Gasteiger partial charge in [-0.3, -0.25) is 0 Å². The minimum Gasteiger partial charge on any atom is -0.497 e. The topological polar surface area (TPSA) is 38.7 Å². The highest BCUT2D eigenvalue weighted by Crippen LogP contribution is 2.34. The largest absolute Gasteiger partial charge is 0.497 e. The van der Waals surface area contributed by atoms with Crippen LogP contribution in [0.4, 0.5) is 0 Å². The molecule has 1 N–H and O–H groups in total. The second kappa shape index (κ2) is 4.74. The van der Waals surface area contributed by atoms with Gasteiger partial charge in [-0.25, -0.2) is 0 Å². The summed E-state index contributed by atoms with van der Waals surface area (Å²) in [6, 6.07) is 7.54. The molecule has 1 fully saturated rings. The van der Waals surface area contributed by atoms with Crippen molar-refractivity contribution in [1.82, 2.24) is 0 Å². The molecule has 88 valence electrons. The maximum absolute atomic E-state index is 9.45. The molecule has 0 aliphatic heterocycles. The van der Waals surface area contributed by atoms with Crippen LogP contribution in [0.2, 0.25) is 0 Å². The Kier molecular flexibility index (Phi) is 3.34. The minimum atomic E-state index is -0.369. The van der Waals surface area contributed by atoms with Gasteiger partial charge in [0.15, 0.2) is 0 Å². The molecular weight excluding hydrogens is 204 g/mol. The lowest BCUT2D eigenvalue weighted by Gasteiger charge is -2.28. The van der Waals surface area contributed by atoms with Crippen molar-refractivity contribution in [3.8, 4) is 11.5 Å². The lowest BCUT2D eigenvalue weighted by molar-refractivity contribution is 0.0150. The third-order valence-electron chi connectivity index (χ3n) is 3.18. The van der Waals surface area contributed by atoms with E-state index in [1.54, 1.807) is 7.11 Å². The molecule has 1 aromatic carbocycles. The van der Waals surface area contributed by atoms with Crippen LogP contribution < -0.4 is 9.47 Å². The van der Waals surface area contributed by atoms with Crippen molar-refractivity contribution in [3.63, 3.8) is 0 Å². The number of rotatable bonds is 4. The van der Waals surface area contributed by atoms with Gasteiger partial charge in [0, 0.05) is 6.07 Å². The first kappa shape index (κ1) is 11.3. The number of hydrogen-bond acceptors (Lipinski definition) is 3. The molecule has 0 aromatic heterocycles. The molecule has 3 nitrogen and oxygen atoms in total. The summed E-state index contributed by atoms with van der Waals surface area (Å²) in [6.45, 7) is 0.0875. The van der Waals surface area contributed by atoms with E-state index in [9.17, 15) is 5.11 Å². The van der Waals surface area contributed by atoms with Crippen LogP contribution in [0.3, 0.4) is 0 Å². The van der Waals surface area contributed by atoms with Gasteiger partial charge in [-0.15, -0.1) is 0 Å². The van der Waals surface area contributed by atoms with E-state index in [0.29, 0.717) is 0 Å². The van der Waals surface area contributed by atoms with Gasteiger partial charge in [0.05, 0.1) is 13.7 Å². The number of benzene rings is 1. The lowest BCUT2D eigenvalue weighted by Crippen LogP contribution is -2.36. The molecule has 16 heavy (non-hydrogen) atoms. The third-order valence-corrected chi connectivity index (χ3v) is 3.18. The smallest absolute Gasteiger partial charge is 0.132 e. The Labute approximate surface area is 96.0 Å². The Morgan fingerprint density at radius 1 is 1.25 bits per heavy atom. The molecule has 0 atom stereocenters. The zero-order valence-corrected chi connectivity index (χ0v) is 9.61. The maximum Gasteiger partial charge on any atom is 0.132 e. The average Bonchev–Trinajstić information content (AvgIpc) is 2.78. The van der Waals surface area contributed by atoms with Crippen molar-refractivity contribution in [1.29, 1.82) is 0 Å². The molecule has 0 spiro atoms. The SMILES string of the molecule is COc1cccc(OC2(CO)CCCC2)c1. The molecule has 0 unspecified atom stereocenters. The maximum atomic E-state index is 9.45. The third kappa shape index (κ3) is 2.30. The molecule has 1 saturated carbocycles. The molecule has 2 rings (SSSR count). The molecule has 1 aliphatic rings. The molecule has 0 saturated heterocycles. The van der Waals surface area contributed by atoms with Gasteiger partial charge in [0.25, 0.3) is 0 Å². The van der Waals surface area contributed by atoms with E-state index >= 15 is 0 Å². The first-order valence-corrected chi connectivity index (χ1v) is 5.72. The zero-order valence-electron chi connectivity index (χ0n) is 9.61. The normalized spacial score (nSPS) is 18.4. The van der Waals surface area contributed by atoms with E-state index in [4.69, 9.17) is 9.47 Å². The minimum absolute atomic E-state index is 0.0875. The van der Waals surface area contributed by atoms with Gasteiger partial charge in [0.1, 0.15) is 17.1 Å². The van der Waals surface area contributed by atoms with Crippen LogP contribution in [0.1, 0.15) is 25.7 Å². The fourth-order valence-corrected chi connectivity index (χ4v) is 2.23. The van der Waals surface area contributed by atoms with Crippen molar-refractivity contribution in [2.24, 2.45) is 0 Å². The van der Waals surface area contributed by atoms with Crippen LogP contribution in [-0.2, 0) is 0 Å². The molecule has 1 aliphatic carbocycles. The number of hydrogen-bond donors (Lipinski definition) is 1. The Morgan fingerprint density at radius 3 is 2.56 bits per heavy atom. The number of aliphatic hydroxyl groups is 1. The summed E-state index contributed by atoms with van der Waals surface area (Å²) in [7, 11) is 1.64. The average molecular weight is 222 g/mol. The van der Waals surface area contributed by atoms with E-state index in [0.717, 1.165) is 37.2 Å². The number of ether oxygens (including phenoxy) is 2. The summed E-state index contributed by atoms with van der Waals surface area (Å²) in [4.78, 5) is 0. The van der Waals surface area contributed by atoms with E-state index in [1.807, 2.05) is 24.3 Å². The van der Waals surface area contributed by atoms with Crippen molar-refractivity contribution in [2.45, 2.75) is 31.3 Å². The molecular formula is C13H18O3. The summed E-state index contributed by atoms with van der Waals surface area (Å²) in [5, 5.41) is 9.45. The highest BCUT2D eigenvalue weighted by Gasteiger charge is 2.35. The lowest BCUT2D eigenvalue weighted by atomic mass is 10.0. The fourth-order valence-electron chi connectivity index (χ4n) is 2.23. The molecule has 1 aromatic rings. The first-order chi connectivity index (χ1) is 7.78. The van der Waals surface area contributed by atoms with Crippen molar-refractivity contribution < 1.29 is 14.6 Å². The zero-order chi connectivity index (χ0) is 11.4. The van der Waals surface area contributed by atoms with E-state index in [1.165, 1.54) is 0 Å². The van der Waals surface area contributed by atoms with Gasteiger partial charge in [-0.05, 0) is 37.8 Å². The van der Waals surface area contributed by atoms with Gasteiger partial charge in [0.2, 0.25) is 0 Å². The quantitative estimate of drug-likeness (QED) is 0.850. The predicted molar refractivity (Wildman–Crippen MR) is 61.9 cm³/mol. The first-order valence-electron chi connectivity index (χ1n) is 5.72. The summed E-state index contributed by atoms with van der Waals surface area (Å²) >= 11 is 0. The highest BCUT2D eigenvalue weighted by molar-refractivity contribution is 5.33. The van der Waals surface area contributed by atoms with Gasteiger partial charge < -0.3 is 14.6 Å². The molecule has 0 heterocycles. The van der Waals surface area contributed by atoms with Crippen molar-refractivity contribution in [2.75, 3.05) is 13.7 Å². The number of methoxy groups -OCH3 is 1. The van der Waals surface area contributed by atoms with Crippen molar-refractivity contribution in [3.05, 3.63) is 24.3 Å². The Hall–Kier alpha value is -1.22. The standard InChI is InChI=1S/C13H18O3/c1-15-11-5-4-6-12(9-11)16-13(10-14)7-2-3-8-13/h4-6,9,14H,2-3,7-8,10H2,1H3. The molecule has 0 radical (unpaired) electrons. The van der Waals surface area contributed by atoms with E-state index in [-0.39, 0.29) is 12.2 Å². The van der Waals surface area contributed by atoms with Crippen LogP contribution in [0.15, 0.2) is 24.3 Å². The summed E-state index contributed by atoms with van der Waals surface area (Å²) < 4.78 is 11.1. The second-order valence-electron chi connectivity index (χ2n) is 4.33. The molecule has 3 heteroatoms. The summed E-state index contributed by atoms with van der Waals surface area (Å²) in [5.41, 5.74) is -0.369. The Bertz CT molecular complexity index is 343. The Balaban J connectivity index is 2.12. The van der Waals surface area contributed by atoms with Crippen LogP contribution in [0.25, 0.3) is 0 Å². The van der Waals surface area contributed by atoms with Crippen LogP contribution in [0.5, 0.6) is 11.5 Å². The monoisotopic (exact) mass is 222 g/mol.